The molecule has 0 amide bonds. The summed E-state index contributed by atoms with van der Waals surface area (Å²) in [6.07, 6.45) is 2.76. The Morgan fingerprint density at radius 2 is 1.42 bits per heavy atom. The molecular formula is C17H28N3O4S2+. The smallest absolute Gasteiger partial charge is 0.243 e. The van der Waals surface area contributed by atoms with Gasteiger partial charge in [0.1, 0.15) is 0 Å². The average Bonchev–Trinajstić information content (AvgIpc) is 2.62. The fraction of sp³-hybridized carbons (Fsp3) is 0.647. The molecule has 7 nitrogen and oxygen atoms in total. The van der Waals surface area contributed by atoms with Crippen LogP contribution in [0.4, 0.5) is 0 Å². The van der Waals surface area contributed by atoms with Crippen molar-refractivity contribution in [3.63, 3.8) is 0 Å². The van der Waals surface area contributed by atoms with Crippen molar-refractivity contribution in [3.8, 4) is 0 Å². The van der Waals surface area contributed by atoms with Crippen molar-refractivity contribution in [2.45, 2.75) is 42.0 Å². The Morgan fingerprint density at radius 3 is 1.96 bits per heavy atom. The standard InChI is InChI=1S/C17H27N3O4S2/c1-15-5-3-4-10-20(15)26(23,24)17-8-6-16(7-9-17)25(21,22)19-13-11-18(2)12-14-19/h6-9,15H,3-5,10-14H2,1-2H3/p+1/t15-/m0/s1. The minimum absolute atomic E-state index is 0.0231. The van der Waals surface area contributed by atoms with Crippen LogP contribution < -0.4 is 4.90 Å². The lowest BCUT2D eigenvalue weighted by atomic mass is 10.1. The SMILES string of the molecule is C[C@H]1CCCCN1S(=O)(=O)c1ccc(S(=O)(=O)N2CC[NH+](C)CC2)cc1. The van der Waals surface area contributed by atoms with Crippen LogP contribution in [0.25, 0.3) is 0 Å². The quantitative estimate of drug-likeness (QED) is 0.755. The van der Waals surface area contributed by atoms with Crippen molar-refractivity contribution >= 4 is 20.0 Å². The van der Waals surface area contributed by atoms with Crippen LogP contribution in [0.1, 0.15) is 26.2 Å². The number of nitrogens with one attached hydrogen (secondary N) is 1. The fourth-order valence-electron chi connectivity index (χ4n) is 3.61. The van der Waals surface area contributed by atoms with Crippen LogP contribution in [0.15, 0.2) is 34.1 Å². The minimum Gasteiger partial charge on any atom is -0.335 e. The molecule has 2 saturated heterocycles. The van der Waals surface area contributed by atoms with Gasteiger partial charge in [0.15, 0.2) is 0 Å². The molecule has 1 aromatic carbocycles. The van der Waals surface area contributed by atoms with Crippen LogP contribution in [0.5, 0.6) is 0 Å². The van der Waals surface area contributed by atoms with Gasteiger partial charge in [-0.1, -0.05) is 6.42 Å². The summed E-state index contributed by atoms with van der Waals surface area (Å²) in [6.45, 7) is 4.97. The molecule has 0 unspecified atom stereocenters. The third-order valence-corrected chi connectivity index (χ3v) is 9.33. The zero-order valence-electron chi connectivity index (χ0n) is 15.4. The Balaban J connectivity index is 1.82. The Bertz CT molecular complexity index is 829. The molecule has 1 atom stereocenters. The first kappa shape index (κ1) is 19.8. The number of nitrogens with zero attached hydrogens (tertiary/aromatic N) is 2. The molecule has 9 heteroatoms. The summed E-state index contributed by atoms with van der Waals surface area (Å²) >= 11 is 0. The van der Waals surface area contributed by atoms with E-state index < -0.39 is 20.0 Å². The largest absolute Gasteiger partial charge is 0.335 e. The molecule has 26 heavy (non-hydrogen) atoms. The van der Waals surface area contributed by atoms with Gasteiger partial charge in [-0.3, -0.25) is 0 Å². The highest BCUT2D eigenvalue weighted by Gasteiger charge is 2.32. The summed E-state index contributed by atoms with van der Waals surface area (Å²) in [6, 6.07) is 5.66. The van der Waals surface area contributed by atoms with Crippen molar-refractivity contribution in [1.82, 2.24) is 8.61 Å². The second-order valence-corrected chi connectivity index (χ2v) is 11.1. The van der Waals surface area contributed by atoms with Crippen LogP contribution in [0.2, 0.25) is 0 Å². The lowest BCUT2D eigenvalue weighted by molar-refractivity contribution is -0.883. The Labute approximate surface area is 156 Å². The van der Waals surface area contributed by atoms with E-state index >= 15 is 0 Å². The summed E-state index contributed by atoms with van der Waals surface area (Å²) < 4.78 is 54.3. The van der Waals surface area contributed by atoms with Gasteiger partial charge < -0.3 is 4.90 Å². The van der Waals surface area contributed by atoms with E-state index in [0.717, 1.165) is 32.4 Å². The number of sulfonamides is 2. The van der Waals surface area contributed by atoms with Crippen LogP contribution in [0.3, 0.4) is 0 Å². The zero-order valence-corrected chi connectivity index (χ0v) is 17.0. The first-order valence-corrected chi connectivity index (χ1v) is 12.0. The van der Waals surface area contributed by atoms with Gasteiger partial charge in [-0.2, -0.15) is 8.61 Å². The van der Waals surface area contributed by atoms with E-state index in [1.165, 1.54) is 37.8 Å². The van der Waals surface area contributed by atoms with Gasteiger partial charge in [0, 0.05) is 12.6 Å². The van der Waals surface area contributed by atoms with Gasteiger partial charge in [-0.05, 0) is 44.0 Å². The minimum atomic E-state index is -3.58. The van der Waals surface area contributed by atoms with Crippen LogP contribution in [0, 0.1) is 0 Å². The first-order valence-electron chi connectivity index (χ1n) is 9.16. The molecule has 2 aliphatic rings. The van der Waals surface area contributed by atoms with Crippen molar-refractivity contribution in [2.24, 2.45) is 0 Å². The highest BCUT2D eigenvalue weighted by Crippen LogP contribution is 2.26. The maximum Gasteiger partial charge on any atom is 0.243 e. The van der Waals surface area contributed by atoms with E-state index in [9.17, 15) is 16.8 Å². The van der Waals surface area contributed by atoms with E-state index in [2.05, 4.69) is 0 Å². The van der Waals surface area contributed by atoms with Gasteiger partial charge >= 0.3 is 0 Å². The van der Waals surface area contributed by atoms with Gasteiger partial charge in [0.25, 0.3) is 0 Å². The van der Waals surface area contributed by atoms with Crippen molar-refractivity contribution in [3.05, 3.63) is 24.3 Å². The summed E-state index contributed by atoms with van der Waals surface area (Å²) in [5.41, 5.74) is 0. The van der Waals surface area contributed by atoms with Crippen LogP contribution >= 0.6 is 0 Å². The van der Waals surface area contributed by atoms with E-state index in [4.69, 9.17) is 0 Å². The number of rotatable bonds is 4. The molecule has 0 bridgehead atoms. The monoisotopic (exact) mass is 402 g/mol. The molecular weight excluding hydrogens is 374 g/mol. The molecule has 0 spiro atoms. The number of quaternary nitrogens is 1. The molecule has 0 saturated carbocycles. The molecule has 1 N–H and O–H groups in total. The Morgan fingerprint density at radius 1 is 0.885 bits per heavy atom. The van der Waals surface area contributed by atoms with Crippen molar-refractivity contribution in [2.75, 3.05) is 39.8 Å². The molecule has 2 heterocycles. The lowest BCUT2D eigenvalue weighted by Crippen LogP contribution is -3.12. The number of piperidine rings is 1. The summed E-state index contributed by atoms with van der Waals surface area (Å²) in [5.74, 6) is 0. The van der Waals surface area contributed by atoms with Gasteiger partial charge in [-0.25, -0.2) is 16.8 Å². The second-order valence-electron chi connectivity index (χ2n) is 7.29. The third kappa shape index (κ3) is 3.82. The maximum absolute atomic E-state index is 12.9. The average molecular weight is 403 g/mol. The third-order valence-electron chi connectivity index (χ3n) is 5.39. The van der Waals surface area contributed by atoms with Crippen molar-refractivity contribution < 1.29 is 21.7 Å². The molecule has 0 aromatic heterocycles. The van der Waals surface area contributed by atoms with Gasteiger partial charge in [0.05, 0.1) is 43.0 Å². The van der Waals surface area contributed by atoms with E-state index in [0.29, 0.717) is 19.6 Å². The summed E-state index contributed by atoms with van der Waals surface area (Å²) in [7, 11) is -5.11. The Hall–Kier alpha value is -1.00. The summed E-state index contributed by atoms with van der Waals surface area (Å²) in [5, 5.41) is 0. The van der Waals surface area contributed by atoms with Crippen molar-refractivity contribution in [1.29, 1.82) is 0 Å². The number of benzene rings is 1. The molecule has 0 aliphatic carbocycles. The van der Waals surface area contributed by atoms with Crippen LogP contribution in [-0.2, 0) is 20.0 Å². The van der Waals surface area contributed by atoms with E-state index in [-0.39, 0.29) is 15.8 Å². The normalized spacial score (nSPS) is 24.6. The maximum atomic E-state index is 12.9. The Kier molecular flexibility index (Phi) is 5.74. The van der Waals surface area contributed by atoms with Crippen LogP contribution in [-0.4, -0.2) is 71.3 Å². The molecule has 2 fully saturated rings. The van der Waals surface area contributed by atoms with E-state index in [1.54, 1.807) is 0 Å². The highest BCUT2D eigenvalue weighted by atomic mass is 32.2. The van der Waals surface area contributed by atoms with E-state index in [1.807, 2.05) is 14.0 Å². The molecule has 1 aromatic rings. The first-order chi connectivity index (χ1) is 12.2. The molecule has 3 rings (SSSR count). The van der Waals surface area contributed by atoms with Gasteiger partial charge in [0.2, 0.25) is 20.0 Å². The predicted molar refractivity (Wildman–Crippen MR) is 99.0 cm³/mol. The number of hydrogen-bond acceptors (Lipinski definition) is 4. The molecule has 146 valence electrons. The topological polar surface area (TPSA) is 79.2 Å². The number of likely N-dealkylation sites (N-methyl/N-ethyl adjacent to an activating group) is 1. The molecule has 0 radical (unpaired) electrons. The number of hydrogen-bond donors (Lipinski definition) is 1. The zero-order chi connectivity index (χ0) is 18.9. The van der Waals surface area contributed by atoms with Gasteiger partial charge in [-0.15, -0.1) is 0 Å². The highest BCUT2D eigenvalue weighted by molar-refractivity contribution is 7.89. The number of piperazine rings is 1. The molecule has 2 aliphatic heterocycles. The fourth-order valence-corrected chi connectivity index (χ4v) is 6.75. The lowest BCUT2D eigenvalue weighted by Gasteiger charge is -2.32. The predicted octanol–water partition coefficient (Wildman–Crippen LogP) is -0.231. The second kappa shape index (κ2) is 7.55. The summed E-state index contributed by atoms with van der Waals surface area (Å²) in [4.78, 5) is 1.63.